The van der Waals surface area contributed by atoms with Gasteiger partial charge in [-0.2, -0.15) is 4.58 Å². The topological polar surface area (TPSA) is 32.6 Å². The van der Waals surface area contributed by atoms with Crippen LogP contribution >= 0.6 is 0 Å². The number of para-hydroxylation sites is 2. The van der Waals surface area contributed by atoms with Gasteiger partial charge in [0.05, 0.1) is 12.0 Å². The van der Waals surface area contributed by atoms with Crippen LogP contribution in [0.3, 0.4) is 0 Å². The van der Waals surface area contributed by atoms with Crippen LogP contribution in [0.15, 0.2) is 84.6 Å². The number of carbonyl (C=O) groups is 1. The van der Waals surface area contributed by atoms with Crippen molar-refractivity contribution in [2.24, 2.45) is 0 Å². The number of rotatable bonds is 10. The highest BCUT2D eigenvalue weighted by Crippen LogP contribution is 2.49. The van der Waals surface area contributed by atoms with Crippen LogP contribution in [0.4, 0.5) is 11.4 Å². The summed E-state index contributed by atoms with van der Waals surface area (Å²) in [6, 6.07) is 17.4. The molecule has 0 radical (unpaired) electrons. The smallest absolute Gasteiger partial charge is 0.305 e. The third-order valence-corrected chi connectivity index (χ3v) is 8.32. The summed E-state index contributed by atoms with van der Waals surface area (Å²) in [6.45, 7) is 9.27. The zero-order valence-electron chi connectivity index (χ0n) is 24.0. The van der Waals surface area contributed by atoms with Gasteiger partial charge >= 0.3 is 5.97 Å². The number of esters is 1. The van der Waals surface area contributed by atoms with Gasteiger partial charge in [0, 0.05) is 48.0 Å². The van der Waals surface area contributed by atoms with E-state index in [4.69, 9.17) is 4.74 Å². The summed E-state index contributed by atoms with van der Waals surface area (Å²) >= 11 is 0. The molecule has 2 heterocycles. The van der Waals surface area contributed by atoms with Crippen LogP contribution in [-0.2, 0) is 20.4 Å². The molecule has 0 saturated carbocycles. The van der Waals surface area contributed by atoms with E-state index in [0.717, 1.165) is 25.7 Å². The first-order valence-electron chi connectivity index (χ1n) is 14.0. The van der Waals surface area contributed by atoms with Crippen LogP contribution in [0.2, 0.25) is 0 Å². The van der Waals surface area contributed by atoms with Crippen molar-refractivity contribution in [1.82, 2.24) is 0 Å². The van der Waals surface area contributed by atoms with Gasteiger partial charge in [0.15, 0.2) is 5.71 Å². The Hall–Kier alpha value is -3.40. The monoisotopic (exact) mass is 511 g/mol. The lowest BCUT2D eigenvalue weighted by Gasteiger charge is -2.28. The Labute approximate surface area is 229 Å². The number of nitrogens with zero attached hydrogens (tertiary/aromatic N) is 2. The van der Waals surface area contributed by atoms with Gasteiger partial charge in [0.25, 0.3) is 0 Å². The van der Waals surface area contributed by atoms with Crippen molar-refractivity contribution in [2.75, 3.05) is 25.6 Å². The number of anilines is 1. The number of fused-ring (bicyclic) bond motifs is 2. The molecular weight excluding hydrogens is 468 g/mol. The van der Waals surface area contributed by atoms with Crippen LogP contribution in [0, 0.1) is 0 Å². The Bertz CT molecular complexity index is 1300. The molecule has 1 atom stereocenters. The minimum Gasteiger partial charge on any atom is -0.466 e. The Kier molecular flexibility index (Phi) is 8.40. The van der Waals surface area contributed by atoms with Crippen molar-refractivity contribution in [3.63, 3.8) is 0 Å². The van der Waals surface area contributed by atoms with Crippen LogP contribution in [0.25, 0.3) is 0 Å². The fourth-order valence-electron chi connectivity index (χ4n) is 6.25. The molecule has 0 amide bonds. The van der Waals surface area contributed by atoms with Crippen molar-refractivity contribution >= 4 is 23.1 Å². The molecule has 0 saturated heterocycles. The average Bonchev–Trinajstić information content (AvgIpc) is 3.23. The lowest BCUT2D eigenvalue weighted by Crippen LogP contribution is -2.26. The molecule has 4 nitrogen and oxygen atoms in total. The zero-order valence-corrected chi connectivity index (χ0v) is 24.0. The number of ether oxygens (including phenoxy) is 1. The summed E-state index contributed by atoms with van der Waals surface area (Å²) in [5, 5.41) is 0. The van der Waals surface area contributed by atoms with Gasteiger partial charge < -0.3 is 9.64 Å². The fraction of sp³-hybridized carbons (Fsp3) is 0.412. The molecule has 4 heteroatoms. The Morgan fingerprint density at radius 3 is 2.39 bits per heavy atom. The fourth-order valence-corrected chi connectivity index (χ4v) is 6.25. The minimum atomic E-state index is -0.0855. The summed E-state index contributed by atoms with van der Waals surface area (Å²) in [5.41, 5.74) is 7.84. The van der Waals surface area contributed by atoms with E-state index in [1.807, 2.05) is 6.92 Å². The summed E-state index contributed by atoms with van der Waals surface area (Å²) in [7, 11) is 4.32. The third-order valence-electron chi connectivity index (χ3n) is 8.32. The molecular formula is C34H43N2O2+. The number of benzene rings is 2. The van der Waals surface area contributed by atoms with Crippen molar-refractivity contribution in [1.29, 1.82) is 0 Å². The van der Waals surface area contributed by atoms with E-state index in [2.05, 4.69) is 123 Å². The van der Waals surface area contributed by atoms with Gasteiger partial charge in [0.2, 0.25) is 5.69 Å². The summed E-state index contributed by atoms with van der Waals surface area (Å²) in [6.07, 6.45) is 15.5. The van der Waals surface area contributed by atoms with E-state index in [1.54, 1.807) is 0 Å². The molecule has 0 N–H and O–H groups in total. The first-order valence-corrected chi connectivity index (χ1v) is 14.0. The normalized spacial score (nSPS) is 21.1. The highest BCUT2D eigenvalue weighted by molar-refractivity contribution is 6.03. The molecule has 2 aliphatic heterocycles. The van der Waals surface area contributed by atoms with Gasteiger partial charge in [-0.1, -0.05) is 67.5 Å². The molecule has 38 heavy (non-hydrogen) atoms. The Morgan fingerprint density at radius 1 is 0.947 bits per heavy atom. The largest absolute Gasteiger partial charge is 0.466 e. The molecule has 0 spiro atoms. The van der Waals surface area contributed by atoms with Gasteiger partial charge in [-0.15, -0.1) is 0 Å². The van der Waals surface area contributed by atoms with E-state index in [9.17, 15) is 4.79 Å². The highest BCUT2D eigenvalue weighted by atomic mass is 16.5. The van der Waals surface area contributed by atoms with Crippen molar-refractivity contribution < 1.29 is 14.1 Å². The highest BCUT2D eigenvalue weighted by Gasteiger charge is 2.43. The first-order chi connectivity index (χ1) is 18.2. The number of unbranched alkanes of at least 4 members (excludes halogenated alkanes) is 2. The second-order valence-corrected chi connectivity index (χ2v) is 11.2. The quantitative estimate of drug-likeness (QED) is 0.142. The Morgan fingerprint density at radius 2 is 1.66 bits per heavy atom. The van der Waals surface area contributed by atoms with Gasteiger partial charge in [-0.05, 0) is 58.2 Å². The lowest BCUT2D eigenvalue weighted by molar-refractivity contribution is -0.401. The molecule has 2 aliphatic rings. The maximum atomic E-state index is 11.7. The second kappa shape index (κ2) is 11.6. The maximum Gasteiger partial charge on any atom is 0.305 e. The zero-order chi connectivity index (χ0) is 27.3. The van der Waals surface area contributed by atoms with E-state index in [0.29, 0.717) is 13.0 Å². The standard InChI is InChI=1S/C34H43N2O2/c1-7-38-32(37)24-12-9-17-25-34(4)27-19-14-16-21-29(27)36(6)31(34)23-11-8-10-22-30-33(2,3)26-18-13-15-20-28(26)35(30)5/h8,10-11,13-16,18-23H,7,9,12,17,24-25H2,1-6H3/q+1. The Balaban J connectivity index is 1.48. The first kappa shape index (κ1) is 27.6. The lowest BCUT2D eigenvalue weighted by atomic mass is 9.77. The second-order valence-electron chi connectivity index (χ2n) is 11.2. The summed E-state index contributed by atoms with van der Waals surface area (Å²) in [5.74, 6) is -0.0855. The minimum absolute atomic E-state index is 0.0205. The van der Waals surface area contributed by atoms with Crippen LogP contribution in [0.5, 0.6) is 0 Å². The van der Waals surface area contributed by atoms with Gasteiger partial charge in [-0.25, -0.2) is 0 Å². The third kappa shape index (κ3) is 5.27. The number of hydrogen-bond acceptors (Lipinski definition) is 3. The van der Waals surface area contributed by atoms with E-state index in [-0.39, 0.29) is 16.8 Å². The van der Waals surface area contributed by atoms with E-state index >= 15 is 0 Å². The molecule has 0 aromatic heterocycles. The van der Waals surface area contributed by atoms with Crippen LogP contribution < -0.4 is 4.90 Å². The van der Waals surface area contributed by atoms with Gasteiger partial charge in [0.1, 0.15) is 7.05 Å². The number of likely N-dealkylation sites (N-methyl/N-ethyl adjacent to an activating group) is 1. The van der Waals surface area contributed by atoms with Gasteiger partial charge in [-0.3, -0.25) is 4.79 Å². The predicted molar refractivity (Wildman–Crippen MR) is 159 cm³/mol. The number of hydrogen-bond donors (Lipinski definition) is 0. The molecule has 1 unspecified atom stereocenters. The molecule has 0 bridgehead atoms. The molecule has 2 aromatic rings. The van der Waals surface area contributed by atoms with Crippen molar-refractivity contribution in [3.05, 3.63) is 95.7 Å². The predicted octanol–water partition coefficient (Wildman–Crippen LogP) is 7.61. The maximum absolute atomic E-state index is 11.7. The summed E-state index contributed by atoms with van der Waals surface area (Å²) in [4.78, 5) is 14.0. The molecule has 4 rings (SSSR count). The van der Waals surface area contributed by atoms with Crippen LogP contribution in [-0.4, -0.2) is 37.0 Å². The molecule has 0 aliphatic carbocycles. The SMILES string of the molecule is CCOC(=O)CCCCCC1(C)\C(=C/C=C/C=C/C2=[N+](C)c3ccccc3C2(C)C)N(C)c2ccccc21. The number of carbonyl (C=O) groups excluding carboxylic acids is 1. The van der Waals surface area contributed by atoms with Crippen LogP contribution in [0.1, 0.15) is 70.9 Å². The molecule has 2 aromatic carbocycles. The van der Waals surface area contributed by atoms with Crippen molar-refractivity contribution in [3.8, 4) is 0 Å². The number of allylic oxidation sites excluding steroid dienone is 6. The van der Waals surface area contributed by atoms with E-state index in [1.165, 1.54) is 33.9 Å². The molecule has 0 fully saturated rings. The van der Waals surface area contributed by atoms with E-state index < -0.39 is 0 Å². The summed E-state index contributed by atoms with van der Waals surface area (Å²) < 4.78 is 7.38. The van der Waals surface area contributed by atoms with Crippen molar-refractivity contribution in [2.45, 2.75) is 70.6 Å². The average molecular weight is 512 g/mol. The molecule has 200 valence electrons.